The molecule has 7 nitrogen and oxygen atoms in total. The Labute approximate surface area is 207 Å². The topological polar surface area (TPSA) is 84.7 Å². The number of thiazole rings is 1. The standard InChI is InChI=1S/C23H20ClF3N6OS/c24-14-4-5-18-17(8-14)19(10-20(32-18)23(25,26)27)30-15-2-1-3-16(9-15)31-21(34)13-11-29-33(12-13)22-28-6-7-35-22/h4-8,10-12,15-16H,1-3,9H2,(H,30,32)(H,31,34)/t15-,16+/m0/s1. The quantitative estimate of drug-likeness (QED) is 0.352. The van der Waals surface area contributed by atoms with Crippen molar-refractivity contribution in [1.82, 2.24) is 25.1 Å². The van der Waals surface area contributed by atoms with Crippen molar-refractivity contribution in [3.63, 3.8) is 0 Å². The van der Waals surface area contributed by atoms with Gasteiger partial charge in [0, 0.05) is 46.0 Å². The summed E-state index contributed by atoms with van der Waals surface area (Å²) in [6.07, 6.45) is 3.12. The Balaban J connectivity index is 1.31. The molecule has 0 aliphatic heterocycles. The van der Waals surface area contributed by atoms with Gasteiger partial charge >= 0.3 is 6.18 Å². The molecule has 1 aliphatic carbocycles. The van der Waals surface area contributed by atoms with E-state index < -0.39 is 11.9 Å². The summed E-state index contributed by atoms with van der Waals surface area (Å²) < 4.78 is 41.9. The van der Waals surface area contributed by atoms with Crippen LogP contribution in [0.1, 0.15) is 41.7 Å². The van der Waals surface area contributed by atoms with Crippen molar-refractivity contribution >= 4 is 45.4 Å². The minimum atomic E-state index is -4.57. The minimum Gasteiger partial charge on any atom is -0.382 e. The van der Waals surface area contributed by atoms with Gasteiger partial charge in [-0.1, -0.05) is 11.6 Å². The molecule has 1 fully saturated rings. The maximum absolute atomic E-state index is 13.4. The monoisotopic (exact) mass is 520 g/mol. The zero-order valence-electron chi connectivity index (χ0n) is 18.2. The van der Waals surface area contributed by atoms with Gasteiger partial charge in [0.25, 0.3) is 5.91 Å². The molecule has 0 radical (unpaired) electrons. The molecular formula is C23H20ClF3N6OS. The van der Waals surface area contributed by atoms with Gasteiger partial charge in [-0.2, -0.15) is 18.3 Å². The number of fused-ring (bicyclic) bond motifs is 1. The largest absolute Gasteiger partial charge is 0.433 e. The lowest BCUT2D eigenvalue weighted by Gasteiger charge is -2.31. The van der Waals surface area contributed by atoms with E-state index in [9.17, 15) is 18.0 Å². The van der Waals surface area contributed by atoms with Crippen LogP contribution in [-0.2, 0) is 6.18 Å². The molecule has 1 aliphatic rings. The van der Waals surface area contributed by atoms with Crippen molar-refractivity contribution in [2.75, 3.05) is 5.32 Å². The van der Waals surface area contributed by atoms with E-state index in [2.05, 4.69) is 25.7 Å². The molecular weight excluding hydrogens is 501 g/mol. The highest BCUT2D eigenvalue weighted by atomic mass is 35.5. The second-order valence-corrected chi connectivity index (χ2v) is 9.69. The fourth-order valence-electron chi connectivity index (χ4n) is 4.28. The van der Waals surface area contributed by atoms with Crippen LogP contribution in [0, 0.1) is 0 Å². The van der Waals surface area contributed by atoms with E-state index in [4.69, 9.17) is 11.6 Å². The summed E-state index contributed by atoms with van der Waals surface area (Å²) in [5.74, 6) is -0.251. The number of halogens is 4. The highest BCUT2D eigenvalue weighted by Gasteiger charge is 2.34. The molecule has 0 bridgehead atoms. The van der Waals surface area contributed by atoms with E-state index in [1.54, 1.807) is 23.1 Å². The summed E-state index contributed by atoms with van der Waals surface area (Å²) in [7, 11) is 0. The average molecular weight is 521 g/mol. The molecule has 1 saturated carbocycles. The number of rotatable bonds is 5. The summed E-state index contributed by atoms with van der Waals surface area (Å²) in [5.41, 5.74) is -0.0104. The summed E-state index contributed by atoms with van der Waals surface area (Å²) in [6, 6.07) is 5.37. The highest BCUT2D eigenvalue weighted by molar-refractivity contribution is 7.12. The smallest absolute Gasteiger partial charge is 0.382 e. The van der Waals surface area contributed by atoms with Crippen LogP contribution in [0.15, 0.2) is 48.2 Å². The fourth-order valence-corrected chi connectivity index (χ4v) is 5.02. The number of alkyl halides is 3. The van der Waals surface area contributed by atoms with Crippen LogP contribution < -0.4 is 10.6 Å². The third-order valence-electron chi connectivity index (χ3n) is 5.89. The molecule has 182 valence electrons. The molecule has 3 heterocycles. The third-order valence-corrected chi connectivity index (χ3v) is 6.89. The number of hydrogen-bond donors (Lipinski definition) is 2. The van der Waals surface area contributed by atoms with Gasteiger partial charge in [-0.3, -0.25) is 4.79 Å². The molecule has 2 atom stereocenters. The van der Waals surface area contributed by atoms with Crippen LogP contribution in [0.5, 0.6) is 0 Å². The van der Waals surface area contributed by atoms with Crippen LogP contribution in [0.4, 0.5) is 18.9 Å². The van der Waals surface area contributed by atoms with Gasteiger partial charge < -0.3 is 10.6 Å². The van der Waals surface area contributed by atoms with Crippen molar-refractivity contribution in [2.45, 2.75) is 43.9 Å². The van der Waals surface area contributed by atoms with Gasteiger partial charge in [0.15, 0.2) is 0 Å². The van der Waals surface area contributed by atoms with Crippen LogP contribution in [-0.4, -0.2) is 37.7 Å². The third kappa shape index (κ3) is 5.25. The number of carbonyl (C=O) groups excluding carboxylic acids is 1. The van der Waals surface area contributed by atoms with Gasteiger partial charge in [0.2, 0.25) is 5.13 Å². The summed E-state index contributed by atoms with van der Waals surface area (Å²) in [6.45, 7) is 0. The minimum absolute atomic E-state index is 0.127. The number of nitrogens with zero attached hydrogens (tertiary/aromatic N) is 4. The Bertz CT molecular complexity index is 1360. The number of amides is 1. The van der Waals surface area contributed by atoms with Crippen molar-refractivity contribution in [3.05, 3.63) is 64.5 Å². The zero-order valence-corrected chi connectivity index (χ0v) is 19.8. The van der Waals surface area contributed by atoms with Crippen LogP contribution in [0.25, 0.3) is 16.0 Å². The first-order valence-corrected chi connectivity index (χ1v) is 12.2. The van der Waals surface area contributed by atoms with E-state index in [0.29, 0.717) is 33.2 Å². The number of benzene rings is 1. The first-order chi connectivity index (χ1) is 16.8. The van der Waals surface area contributed by atoms with E-state index in [1.807, 2.05) is 5.38 Å². The van der Waals surface area contributed by atoms with Crippen molar-refractivity contribution in [3.8, 4) is 5.13 Å². The maximum atomic E-state index is 13.4. The molecule has 0 saturated heterocycles. The Morgan fingerprint density at radius 3 is 2.80 bits per heavy atom. The molecule has 12 heteroatoms. The first kappa shape index (κ1) is 23.6. The molecule has 5 rings (SSSR count). The van der Waals surface area contributed by atoms with Crippen molar-refractivity contribution in [1.29, 1.82) is 0 Å². The van der Waals surface area contributed by atoms with Gasteiger partial charge in [-0.05, 0) is 49.9 Å². The second-order valence-electron chi connectivity index (χ2n) is 8.38. The lowest BCUT2D eigenvalue weighted by molar-refractivity contribution is -0.140. The van der Waals surface area contributed by atoms with E-state index in [0.717, 1.165) is 25.3 Å². The number of carbonyl (C=O) groups is 1. The lowest BCUT2D eigenvalue weighted by Crippen LogP contribution is -2.41. The van der Waals surface area contributed by atoms with Gasteiger partial charge in [0.05, 0.1) is 17.3 Å². The molecule has 3 aromatic heterocycles. The molecule has 0 unspecified atom stereocenters. The van der Waals surface area contributed by atoms with Gasteiger partial charge in [0.1, 0.15) is 5.69 Å². The Hall–Kier alpha value is -3.18. The maximum Gasteiger partial charge on any atom is 0.433 e. The van der Waals surface area contributed by atoms with Crippen molar-refractivity contribution in [2.24, 2.45) is 0 Å². The van der Waals surface area contributed by atoms with E-state index in [-0.39, 0.29) is 23.5 Å². The lowest BCUT2D eigenvalue weighted by atomic mass is 9.90. The summed E-state index contributed by atoms with van der Waals surface area (Å²) >= 11 is 7.51. The van der Waals surface area contributed by atoms with E-state index in [1.165, 1.54) is 29.7 Å². The molecule has 0 spiro atoms. The average Bonchev–Trinajstić information content (AvgIpc) is 3.51. The molecule has 1 aromatic carbocycles. The fraction of sp³-hybridized carbons (Fsp3) is 0.304. The first-order valence-electron chi connectivity index (χ1n) is 11.0. The number of hydrogen-bond acceptors (Lipinski definition) is 6. The Kier molecular flexibility index (Phi) is 6.37. The highest BCUT2D eigenvalue weighted by Crippen LogP contribution is 2.35. The number of pyridine rings is 1. The van der Waals surface area contributed by atoms with Crippen molar-refractivity contribution < 1.29 is 18.0 Å². The summed E-state index contributed by atoms with van der Waals surface area (Å²) in [5, 5.41) is 13.9. The van der Waals surface area contributed by atoms with E-state index >= 15 is 0 Å². The predicted octanol–water partition coefficient (Wildman–Crippen LogP) is 5.70. The molecule has 4 aromatic rings. The Morgan fingerprint density at radius 2 is 2.03 bits per heavy atom. The SMILES string of the molecule is O=C(N[C@@H]1CCC[C@H](Nc2cc(C(F)(F)F)nc3ccc(Cl)cc23)C1)c1cnn(-c2nccs2)c1. The Morgan fingerprint density at radius 1 is 1.20 bits per heavy atom. The number of anilines is 1. The van der Waals surface area contributed by atoms with Gasteiger partial charge in [-0.25, -0.2) is 14.6 Å². The number of aromatic nitrogens is 4. The molecule has 35 heavy (non-hydrogen) atoms. The second kappa shape index (κ2) is 9.46. The normalized spacial score (nSPS) is 18.5. The zero-order chi connectivity index (χ0) is 24.6. The predicted molar refractivity (Wildman–Crippen MR) is 128 cm³/mol. The number of nitrogens with one attached hydrogen (secondary N) is 2. The summed E-state index contributed by atoms with van der Waals surface area (Å²) in [4.78, 5) is 20.7. The van der Waals surface area contributed by atoms with Crippen LogP contribution in [0.3, 0.4) is 0 Å². The molecule has 1 amide bonds. The van der Waals surface area contributed by atoms with Crippen LogP contribution >= 0.6 is 22.9 Å². The van der Waals surface area contributed by atoms with Crippen LogP contribution in [0.2, 0.25) is 5.02 Å². The van der Waals surface area contributed by atoms with Gasteiger partial charge in [-0.15, -0.1) is 11.3 Å². The molecule has 2 N–H and O–H groups in total.